The minimum absolute atomic E-state index is 0.0384. The number of hydrogen-bond donors (Lipinski definition) is 0. The molecule has 1 aliphatic rings. The second kappa shape index (κ2) is 4.83. The Labute approximate surface area is 114 Å². The lowest BCUT2D eigenvalue weighted by Crippen LogP contribution is -2.24. The van der Waals surface area contributed by atoms with Crippen molar-refractivity contribution in [2.45, 2.75) is 45.1 Å². The van der Waals surface area contributed by atoms with E-state index in [1.54, 1.807) is 25.2 Å². The molecule has 104 valence electrons. The van der Waals surface area contributed by atoms with Gasteiger partial charge in [-0.25, -0.2) is 0 Å². The number of aromatic nitrogens is 1. The number of rotatable bonds is 3. The van der Waals surface area contributed by atoms with Crippen LogP contribution in [0.15, 0.2) is 12.3 Å². The van der Waals surface area contributed by atoms with Gasteiger partial charge in [-0.1, -0.05) is 20.8 Å². The molecule has 1 aliphatic carbocycles. The Kier molecular flexibility index (Phi) is 3.52. The van der Waals surface area contributed by atoms with E-state index in [1.165, 1.54) is 0 Å². The third-order valence-corrected chi connectivity index (χ3v) is 3.09. The van der Waals surface area contributed by atoms with Crippen LogP contribution in [0.1, 0.15) is 49.7 Å². The molecular formula is C15H22N2O2. The maximum Gasteiger partial charge on any atom is 0.257 e. The van der Waals surface area contributed by atoms with Gasteiger partial charge in [0.15, 0.2) is 5.75 Å². The van der Waals surface area contributed by atoms with Crippen LogP contribution < -0.4 is 4.74 Å². The minimum Gasteiger partial charge on any atom is -0.488 e. The fourth-order valence-corrected chi connectivity index (χ4v) is 1.72. The third-order valence-electron chi connectivity index (χ3n) is 3.09. The first-order chi connectivity index (χ1) is 8.79. The summed E-state index contributed by atoms with van der Waals surface area (Å²) in [5, 5.41) is 0. The Bertz CT molecular complexity index is 485. The molecule has 19 heavy (non-hydrogen) atoms. The van der Waals surface area contributed by atoms with Gasteiger partial charge in [-0.3, -0.25) is 9.78 Å². The van der Waals surface area contributed by atoms with E-state index in [0.717, 1.165) is 18.5 Å². The summed E-state index contributed by atoms with van der Waals surface area (Å²) < 4.78 is 5.79. The summed E-state index contributed by atoms with van der Waals surface area (Å²) in [6, 6.07) is 1.86. The van der Waals surface area contributed by atoms with E-state index in [4.69, 9.17) is 4.74 Å². The van der Waals surface area contributed by atoms with E-state index in [-0.39, 0.29) is 17.4 Å². The zero-order valence-corrected chi connectivity index (χ0v) is 12.4. The average molecular weight is 262 g/mol. The molecule has 0 N–H and O–H groups in total. The van der Waals surface area contributed by atoms with E-state index >= 15 is 0 Å². The van der Waals surface area contributed by atoms with Crippen LogP contribution in [-0.4, -0.2) is 36.0 Å². The Hall–Kier alpha value is -1.58. The second-order valence-corrected chi connectivity index (χ2v) is 6.33. The van der Waals surface area contributed by atoms with Crippen molar-refractivity contribution in [2.24, 2.45) is 0 Å². The Morgan fingerprint density at radius 1 is 1.37 bits per heavy atom. The predicted octanol–water partition coefficient (Wildman–Crippen LogP) is 2.62. The van der Waals surface area contributed by atoms with Gasteiger partial charge in [0.25, 0.3) is 5.91 Å². The fourth-order valence-electron chi connectivity index (χ4n) is 1.72. The molecule has 4 nitrogen and oxygen atoms in total. The topological polar surface area (TPSA) is 42.4 Å². The summed E-state index contributed by atoms with van der Waals surface area (Å²) in [5.74, 6) is 0.567. The van der Waals surface area contributed by atoms with Crippen molar-refractivity contribution in [1.29, 1.82) is 0 Å². The van der Waals surface area contributed by atoms with Crippen molar-refractivity contribution in [3.8, 4) is 5.75 Å². The van der Waals surface area contributed by atoms with Gasteiger partial charge in [0.05, 0.1) is 17.9 Å². The van der Waals surface area contributed by atoms with Crippen molar-refractivity contribution >= 4 is 5.91 Å². The first-order valence-electron chi connectivity index (χ1n) is 6.68. The van der Waals surface area contributed by atoms with E-state index in [9.17, 15) is 4.79 Å². The van der Waals surface area contributed by atoms with Crippen LogP contribution in [0, 0.1) is 0 Å². The molecule has 0 spiro atoms. The predicted molar refractivity (Wildman–Crippen MR) is 74.6 cm³/mol. The zero-order valence-electron chi connectivity index (χ0n) is 12.4. The highest BCUT2D eigenvalue weighted by molar-refractivity contribution is 5.96. The minimum atomic E-state index is -0.0839. The second-order valence-electron chi connectivity index (χ2n) is 6.33. The lowest BCUT2D eigenvalue weighted by molar-refractivity contribution is 0.0822. The van der Waals surface area contributed by atoms with Crippen LogP contribution in [0.2, 0.25) is 0 Å². The number of nitrogens with zero attached hydrogens (tertiary/aromatic N) is 2. The van der Waals surface area contributed by atoms with Gasteiger partial charge in [0.1, 0.15) is 0 Å². The van der Waals surface area contributed by atoms with Crippen molar-refractivity contribution < 1.29 is 9.53 Å². The van der Waals surface area contributed by atoms with Gasteiger partial charge >= 0.3 is 0 Å². The monoisotopic (exact) mass is 262 g/mol. The third kappa shape index (κ3) is 3.25. The average Bonchev–Trinajstić information content (AvgIpc) is 3.11. The number of amides is 1. The van der Waals surface area contributed by atoms with E-state index in [0.29, 0.717) is 11.3 Å². The van der Waals surface area contributed by atoms with E-state index in [1.807, 2.05) is 6.07 Å². The largest absolute Gasteiger partial charge is 0.488 e. The molecule has 2 rings (SSSR count). The van der Waals surface area contributed by atoms with Crippen LogP contribution in [0.25, 0.3) is 0 Å². The highest BCUT2D eigenvalue weighted by atomic mass is 16.5. The Morgan fingerprint density at radius 2 is 2.00 bits per heavy atom. The lowest BCUT2D eigenvalue weighted by atomic mass is 9.90. The van der Waals surface area contributed by atoms with Crippen LogP contribution in [0.3, 0.4) is 0 Å². The lowest BCUT2D eigenvalue weighted by Gasteiger charge is -2.21. The van der Waals surface area contributed by atoms with Crippen LogP contribution in [-0.2, 0) is 5.41 Å². The van der Waals surface area contributed by atoms with Gasteiger partial charge in [-0.2, -0.15) is 0 Å². The Morgan fingerprint density at radius 3 is 2.47 bits per heavy atom. The van der Waals surface area contributed by atoms with Crippen LogP contribution >= 0.6 is 0 Å². The van der Waals surface area contributed by atoms with Gasteiger partial charge in [-0.15, -0.1) is 0 Å². The smallest absolute Gasteiger partial charge is 0.257 e. The highest BCUT2D eigenvalue weighted by Gasteiger charge is 2.27. The van der Waals surface area contributed by atoms with Crippen molar-refractivity contribution in [1.82, 2.24) is 9.88 Å². The SMILES string of the molecule is CN(C)C(=O)c1cc(C(C)(C)C)ncc1OC1CC1. The molecule has 1 amide bonds. The van der Waals surface area contributed by atoms with E-state index < -0.39 is 0 Å². The molecule has 0 aliphatic heterocycles. The summed E-state index contributed by atoms with van der Waals surface area (Å²) >= 11 is 0. The maximum absolute atomic E-state index is 12.3. The first-order valence-corrected chi connectivity index (χ1v) is 6.68. The maximum atomic E-state index is 12.3. The quantitative estimate of drug-likeness (QED) is 0.841. The summed E-state index contributed by atoms with van der Waals surface area (Å²) in [5.41, 5.74) is 1.43. The number of pyridine rings is 1. The fraction of sp³-hybridized carbons (Fsp3) is 0.600. The normalized spacial score (nSPS) is 15.2. The standard InChI is InChI=1S/C15H22N2O2/c1-15(2,3)13-8-11(14(18)17(4)5)12(9-16-13)19-10-6-7-10/h8-10H,6-7H2,1-5H3. The van der Waals surface area contributed by atoms with Crippen molar-refractivity contribution in [3.63, 3.8) is 0 Å². The molecule has 4 heteroatoms. The van der Waals surface area contributed by atoms with E-state index in [2.05, 4.69) is 25.8 Å². The first kappa shape index (κ1) is 13.8. The number of hydrogen-bond acceptors (Lipinski definition) is 3. The zero-order chi connectivity index (χ0) is 14.2. The summed E-state index contributed by atoms with van der Waals surface area (Å²) in [7, 11) is 3.50. The molecule has 0 bridgehead atoms. The number of carbonyl (C=O) groups is 1. The molecule has 0 aromatic carbocycles. The van der Waals surface area contributed by atoms with Crippen molar-refractivity contribution in [3.05, 3.63) is 23.5 Å². The van der Waals surface area contributed by atoms with Gasteiger partial charge in [0, 0.05) is 25.2 Å². The number of carbonyl (C=O) groups excluding carboxylic acids is 1. The molecule has 1 aromatic heterocycles. The van der Waals surface area contributed by atoms with Crippen LogP contribution in [0.5, 0.6) is 5.75 Å². The molecule has 1 aromatic rings. The molecule has 0 atom stereocenters. The molecule has 0 unspecified atom stereocenters. The summed E-state index contributed by atoms with van der Waals surface area (Å²) in [4.78, 5) is 18.3. The molecule has 1 saturated carbocycles. The summed E-state index contributed by atoms with van der Waals surface area (Å²) in [6.45, 7) is 6.25. The number of ether oxygens (including phenoxy) is 1. The van der Waals surface area contributed by atoms with Crippen molar-refractivity contribution in [2.75, 3.05) is 14.1 Å². The molecular weight excluding hydrogens is 240 g/mol. The molecule has 0 radical (unpaired) electrons. The van der Waals surface area contributed by atoms with Gasteiger partial charge < -0.3 is 9.64 Å². The molecule has 1 heterocycles. The Balaban J connectivity index is 2.40. The van der Waals surface area contributed by atoms with Crippen LogP contribution in [0.4, 0.5) is 0 Å². The van der Waals surface area contributed by atoms with Gasteiger partial charge in [-0.05, 0) is 18.9 Å². The highest BCUT2D eigenvalue weighted by Crippen LogP contribution is 2.31. The molecule has 0 saturated heterocycles. The van der Waals surface area contributed by atoms with Gasteiger partial charge in [0.2, 0.25) is 0 Å². The molecule has 1 fully saturated rings. The summed E-state index contributed by atoms with van der Waals surface area (Å²) in [6.07, 6.45) is 4.08.